The molecule has 0 unspecified atom stereocenters. The molecule has 0 aliphatic carbocycles. The van der Waals surface area contributed by atoms with Gasteiger partial charge in [-0.25, -0.2) is 0 Å². The van der Waals surface area contributed by atoms with Gasteiger partial charge >= 0.3 is 0 Å². The van der Waals surface area contributed by atoms with Crippen LogP contribution in [0.5, 0.6) is 0 Å². The number of hydrogen-bond donors (Lipinski definition) is 1. The largest absolute Gasteiger partial charge is 0.345 e. The highest BCUT2D eigenvalue weighted by atomic mass is 16.2. The lowest BCUT2D eigenvalue weighted by atomic mass is 9.99. The Morgan fingerprint density at radius 3 is 2.11 bits per heavy atom. The molecule has 1 aliphatic heterocycles. The first-order valence-electron chi connectivity index (χ1n) is 12.5. The second kappa shape index (κ2) is 10.3. The molecular formula is C30H31N3O2. The molecular weight excluding hydrogens is 434 g/mol. The van der Waals surface area contributed by atoms with Crippen LogP contribution in [0, 0.1) is 0 Å². The average Bonchev–Trinajstić information content (AvgIpc) is 3.42. The molecule has 1 saturated heterocycles. The second-order valence-electron chi connectivity index (χ2n) is 9.17. The molecule has 2 heterocycles. The molecule has 35 heavy (non-hydrogen) atoms. The van der Waals surface area contributed by atoms with E-state index in [1.807, 2.05) is 84.9 Å². The molecule has 0 spiro atoms. The summed E-state index contributed by atoms with van der Waals surface area (Å²) >= 11 is 0. The zero-order valence-corrected chi connectivity index (χ0v) is 20.1. The van der Waals surface area contributed by atoms with Crippen LogP contribution in [-0.4, -0.2) is 28.5 Å². The minimum atomic E-state index is -0.143. The van der Waals surface area contributed by atoms with Crippen LogP contribution in [-0.2, 0) is 6.54 Å². The maximum Gasteiger partial charge on any atom is 0.263 e. The Morgan fingerprint density at radius 2 is 1.46 bits per heavy atom. The third-order valence-electron chi connectivity index (χ3n) is 6.92. The molecule has 1 N–H and O–H groups in total. The summed E-state index contributed by atoms with van der Waals surface area (Å²) in [7, 11) is 0. The monoisotopic (exact) mass is 465 g/mol. The van der Waals surface area contributed by atoms with Crippen molar-refractivity contribution in [2.45, 2.75) is 38.8 Å². The Labute approximate surface area is 206 Å². The molecule has 1 amide bonds. The fourth-order valence-corrected chi connectivity index (χ4v) is 5.14. The summed E-state index contributed by atoms with van der Waals surface area (Å²) in [5.74, 6) is -0.143. The van der Waals surface area contributed by atoms with Gasteiger partial charge in [-0.3, -0.25) is 19.1 Å². The van der Waals surface area contributed by atoms with Crippen molar-refractivity contribution < 1.29 is 4.79 Å². The molecule has 1 aliphatic rings. The van der Waals surface area contributed by atoms with Crippen molar-refractivity contribution in [1.82, 2.24) is 14.8 Å². The van der Waals surface area contributed by atoms with Gasteiger partial charge in [-0.2, -0.15) is 0 Å². The number of para-hydroxylation sites is 1. The summed E-state index contributed by atoms with van der Waals surface area (Å²) in [5, 5.41) is 4.54. The van der Waals surface area contributed by atoms with Crippen LogP contribution in [0.25, 0.3) is 16.5 Å². The first-order valence-corrected chi connectivity index (χ1v) is 12.5. The van der Waals surface area contributed by atoms with Gasteiger partial charge in [-0.15, -0.1) is 0 Å². The quantitative estimate of drug-likeness (QED) is 0.394. The normalized spacial score (nSPS) is 14.8. The lowest BCUT2D eigenvalue weighted by Gasteiger charge is -2.25. The molecule has 5 rings (SSSR count). The molecule has 1 fully saturated rings. The topological polar surface area (TPSA) is 54.3 Å². The van der Waals surface area contributed by atoms with E-state index in [0.29, 0.717) is 22.9 Å². The summed E-state index contributed by atoms with van der Waals surface area (Å²) < 4.78 is 1.75. The number of rotatable bonds is 7. The van der Waals surface area contributed by atoms with E-state index in [0.717, 1.165) is 49.3 Å². The summed E-state index contributed by atoms with van der Waals surface area (Å²) in [4.78, 5) is 30.2. The number of pyridine rings is 1. The van der Waals surface area contributed by atoms with Crippen molar-refractivity contribution in [1.29, 1.82) is 0 Å². The SMILES string of the molecule is CC[C@H](NC(=O)c1c(CN2CCCC2)n(-c2ccccc2)c(=O)c2ccccc12)c1ccccc1. The van der Waals surface area contributed by atoms with E-state index in [4.69, 9.17) is 0 Å². The van der Waals surface area contributed by atoms with Crippen molar-refractivity contribution >= 4 is 16.7 Å². The van der Waals surface area contributed by atoms with Crippen LogP contribution in [0.15, 0.2) is 89.7 Å². The van der Waals surface area contributed by atoms with Gasteiger partial charge < -0.3 is 5.32 Å². The first kappa shape index (κ1) is 23.1. The van der Waals surface area contributed by atoms with Crippen molar-refractivity contribution in [3.8, 4) is 5.69 Å². The number of amides is 1. The maximum atomic E-state index is 14.0. The molecule has 1 aromatic heterocycles. The van der Waals surface area contributed by atoms with Gasteiger partial charge in [0.25, 0.3) is 11.5 Å². The van der Waals surface area contributed by atoms with E-state index in [2.05, 4.69) is 17.1 Å². The number of nitrogens with zero attached hydrogens (tertiary/aromatic N) is 2. The summed E-state index contributed by atoms with van der Waals surface area (Å²) in [6.45, 7) is 4.57. The maximum absolute atomic E-state index is 14.0. The first-order chi connectivity index (χ1) is 17.2. The van der Waals surface area contributed by atoms with Crippen molar-refractivity contribution in [3.63, 3.8) is 0 Å². The Hall–Kier alpha value is -3.70. The van der Waals surface area contributed by atoms with E-state index >= 15 is 0 Å². The Balaban J connectivity index is 1.71. The van der Waals surface area contributed by atoms with Gasteiger partial charge in [0.1, 0.15) is 0 Å². The van der Waals surface area contributed by atoms with Gasteiger partial charge in [0.2, 0.25) is 0 Å². The van der Waals surface area contributed by atoms with Crippen molar-refractivity contribution in [3.05, 3.63) is 112 Å². The molecule has 0 saturated carbocycles. The highest BCUT2D eigenvalue weighted by Crippen LogP contribution is 2.26. The number of fused-ring (bicyclic) bond motifs is 1. The van der Waals surface area contributed by atoms with Crippen LogP contribution in [0.2, 0.25) is 0 Å². The van der Waals surface area contributed by atoms with Crippen LogP contribution < -0.4 is 10.9 Å². The Kier molecular flexibility index (Phi) is 6.77. The standard InChI is InChI=1S/C30H31N3O2/c1-2-26(22-13-5-3-6-14-22)31-29(34)28-24-17-9-10-18-25(24)30(35)33(23-15-7-4-8-16-23)27(28)21-32-19-11-12-20-32/h3-10,13-18,26H,2,11-12,19-21H2,1H3,(H,31,34)/t26-/m0/s1. The van der Waals surface area contributed by atoms with Gasteiger partial charge in [-0.1, -0.05) is 73.7 Å². The lowest BCUT2D eigenvalue weighted by molar-refractivity contribution is 0.0934. The highest BCUT2D eigenvalue weighted by molar-refractivity contribution is 6.08. The summed E-state index contributed by atoms with van der Waals surface area (Å²) in [5.41, 5.74) is 3.10. The Morgan fingerprint density at radius 1 is 0.857 bits per heavy atom. The number of likely N-dealkylation sites (tertiary alicyclic amines) is 1. The molecule has 178 valence electrons. The molecule has 1 atom stereocenters. The van der Waals surface area contributed by atoms with Crippen LogP contribution >= 0.6 is 0 Å². The zero-order valence-electron chi connectivity index (χ0n) is 20.1. The number of benzene rings is 3. The predicted octanol–water partition coefficient (Wildman–Crippen LogP) is 5.47. The average molecular weight is 466 g/mol. The van der Waals surface area contributed by atoms with Gasteiger partial charge in [-0.05, 0) is 56.1 Å². The van der Waals surface area contributed by atoms with Gasteiger partial charge in [0.15, 0.2) is 0 Å². The third kappa shape index (κ3) is 4.64. The third-order valence-corrected chi connectivity index (χ3v) is 6.92. The zero-order chi connectivity index (χ0) is 24.2. The summed E-state index contributed by atoms with van der Waals surface area (Å²) in [6.07, 6.45) is 3.04. The fraction of sp³-hybridized carbons (Fsp3) is 0.267. The minimum Gasteiger partial charge on any atom is -0.345 e. The van der Waals surface area contributed by atoms with Crippen LogP contribution in [0.1, 0.15) is 53.8 Å². The summed E-state index contributed by atoms with van der Waals surface area (Å²) in [6, 6.07) is 27.1. The minimum absolute atomic E-state index is 0.0901. The van der Waals surface area contributed by atoms with Crippen molar-refractivity contribution in [2.75, 3.05) is 13.1 Å². The number of hydrogen-bond acceptors (Lipinski definition) is 3. The molecule has 0 bridgehead atoms. The fourth-order valence-electron chi connectivity index (χ4n) is 5.14. The molecule has 5 nitrogen and oxygen atoms in total. The van der Waals surface area contributed by atoms with E-state index in [1.165, 1.54) is 0 Å². The lowest BCUT2D eigenvalue weighted by Crippen LogP contribution is -2.35. The highest BCUT2D eigenvalue weighted by Gasteiger charge is 2.26. The van der Waals surface area contributed by atoms with Crippen LogP contribution in [0.4, 0.5) is 0 Å². The predicted molar refractivity (Wildman–Crippen MR) is 141 cm³/mol. The molecule has 5 heteroatoms. The van der Waals surface area contributed by atoms with E-state index in [-0.39, 0.29) is 17.5 Å². The Bertz CT molecular complexity index is 1370. The molecule has 4 aromatic rings. The number of nitrogens with one attached hydrogen (secondary N) is 1. The molecule has 3 aromatic carbocycles. The smallest absolute Gasteiger partial charge is 0.263 e. The second-order valence-corrected chi connectivity index (χ2v) is 9.17. The molecule has 0 radical (unpaired) electrons. The van der Waals surface area contributed by atoms with Crippen molar-refractivity contribution in [2.24, 2.45) is 0 Å². The van der Waals surface area contributed by atoms with E-state index in [9.17, 15) is 9.59 Å². The van der Waals surface area contributed by atoms with Gasteiger partial charge in [0, 0.05) is 23.0 Å². The van der Waals surface area contributed by atoms with Crippen LogP contribution in [0.3, 0.4) is 0 Å². The number of carbonyl (C=O) groups is 1. The van der Waals surface area contributed by atoms with Gasteiger partial charge in [0.05, 0.1) is 17.3 Å². The van der Waals surface area contributed by atoms with E-state index < -0.39 is 0 Å². The van der Waals surface area contributed by atoms with E-state index in [1.54, 1.807) is 4.57 Å². The number of aromatic nitrogens is 1. The number of carbonyl (C=O) groups excluding carboxylic acids is 1.